The van der Waals surface area contributed by atoms with Gasteiger partial charge in [0.2, 0.25) is 0 Å². The SMILES string of the molecule is CCC[C@H](C)NC(=S)Nc1ccncc1. The molecule has 0 aliphatic carbocycles. The number of aromatic nitrogens is 1. The Bertz CT molecular complexity index is 300. The van der Waals surface area contributed by atoms with E-state index in [1.165, 1.54) is 0 Å². The standard InChI is InChI=1S/C11H17N3S/c1-3-4-9(2)13-11(15)14-10-5-7-12-8-6-10/h5-9H,3-4H2,1-2H3,(H2,12,13,14,15)/t9-/m0/s1. The Morgan fingerprint density at radius 1 is 1.47 bits per heavy atom. The van der Waals surface area contributed by atoms with Gasteiger partial charge < -0.3 is 10.6 Å². The van der Waals surface area contributed by atoms with Crippen LogP contribution >= 0.6 is 12.2 Å². The number of anilines is 1. The Kier molecular flexibility index (Phi) is 5.04. The molecule has 0 amide bonds. The molecule has 0 fully saturated rings. The molecule has 1 atom stereocenters. The molecule has 2 N–H and O–H groups in total. The van der Waals surface area contributed by atoms with Gasteiger partial charge in [-0.25, -0.2) is 0 Å². The summed E-state index contributed by atoms with van der Waals surface area (Å²) in [7, 11) is 0. The largest absolute Gasteiger partial charge is 0.360 e. The molecule has 1 aromatic heterocycles. The summed E-state index contributed by atoms with van der Waals surface area (Å²) in [5.74, 6) is 0. The van der Waals surface area contributed by atoms with Crippen LogP contribution in [0.4, 0.5) is 5.69 Å². The first-order valence-corrected chi connectivity index (χ1v) is 5.60. The van der Waals surface area contributed by atoms with Crippen LogP contribution in [-0.2, 0) is 0 Å². The number of nitrogens with one attached hydrogen (secondary N) is 2. The van der Waals surface area contributed by atoms with E-state index in [1.807, 2.05) is 12.1 Å². The normalized spacial score (nSPS) is 11.9. The van der Waals surface area contributed by atoms with Crippen LogP contribution < -0.4 is 10.6 Å². The molecule has 15 heavy (non-hydrogen) atoms. The number of thiocarbonyl (C=S) groups is 1. The lowest BCUT2D eigenvalue weighted by Gasteiger charge is -2.15. The second-order valence-corrected chi connectivity index (χ2v) is 3.93. The number of hydrogen-bond acceptors (Lipinski definition) is 2. The monoisotopic (exact) mass is 223 g/mol. The highest BCUT2D eigenvalue weighted by molar-refractivity contribution is 7.80. The third-order valence-corrected chi connectivity index (χ3v) is 2.26. The molecule has 0 saturated carbocycles. The zero-order valence-electron chi connectivity index (χ0n) is 9.16. The van der Waals surface area contributed by atoms with Crippen LogP contribution in [-0.4, -0.2) is 16.1 Å². The van der Waals surface area contributed by atoms with Gasteiger partial charge in [-0.15, -0.1) is 0 Å². The van der Waals surface area contributed by atoms with E-state index in [0.717, 1.165) is 18.5 Å². The molecule has 0 radical (unpaired) electrons. The molecule has 1 heterocycles. The van der Waals surface area contributed by atoms with Gasteiger partial charge in [-0.3, -0.25) is 4.98 Å². The van der Waals surface area contributed by atoms with Crippen molar-refractivity contribution < 1.29 is 0 Å². The number of pyridine rings is 1. The predicted octanol–water partition coefficient (Wildman–Crippen LogP) is 2.56. The fourth-order valence-corrected chi connectivity index (χ4v) is 1.65. The Morgan fingerprint density at radius 2 is 2.13 bits per heavy atom. The summed E-state index contributed by atoms with van der Waals surface area (Å²) >= 11 is 5.18. The number of nitrogens with zero attached hydrogens (tertiary/aromatic N) is 1. The van der Waals surface area contributed by atoms with Gasteiger partial charge in [0.05, 0.1) is 0 Å². The summed E-state index contributed by atoms with van der Waals surface area (Å²) in [6, 6.07) is 4.19. The maximum Gasteiger partial charge on any atom is 0.170 e. The number of hydrogen-bond donors (Lipinski definition) is 2. The van der Waals surface area contributed by atoms with Crippen molar-refractivity contribution in [2.45, 2.75) is 32.7 Å². The molecule has 0 bridgehead atoms. The molecule has 1 rings (SSSR count). The molecule has 4 heteroatoms. The van der Waals surface area contributed by atoms with Crippen LogP contribution in [0, 0.1) is 0 Å². The summed E-state index contributed by atoms with van der Waals surface area (Å²) in [6.45, 7) is 4.29. The van der Waals surface area contributed by atoms with Crippen molar-refractivity contribution in [3.05, 3.63) is 24.5 Å². The molecule has 0 aromatic carbocycles. The van der Waals surface area contributed by atoms with Crippen molar-refractivity contribution in [2.24, 2.45) is 0 Å². The first-order chi connectivity index (χ1) is 7.22. The maximum absolute atomic E-state index is 5.18. The van der Waals surface area contributed by atoms with E-state index in [2.05, 4.69) is 29.5 Å². The second kappa shape index (κ2) is 6.35. The van der Waals surface area contributed by atoms with Gasteiger partial charge in [-0.1, -0.05) is 13.3 Å². The third kappa shape index (κ3) is 4.74. The van der Waals surface area contributed by atoms with Gasteiger partial charge in [-0.2, -0.15) is 0 Å². The fourth-order valence-electron chi connectivity index (χ4n) is 1.33. The Morgan fingerprint density at radius 3 is 2.73 bits per heavy atom. The second-order valence-electron chi connectivity index (χ2n) is 3.52. The summed E-state index contributed by atoms with van der Waals surface area (Å²) in [6.07, 6.45) is 5.75. The Balaban J connectivity index is 2.36. The highest BCUT2D eigenvalue weighted by atomic mass is 32.1. The smallest absolute Gasteiger partial charge is 0.170 e. The van der Waals surface area contributed by atoms with Crippen molar-refractivity contribution in [3.63, 3.8) is 0 Å². The quantitative estimate of drug-likeness (QED) is 0.769. The average molecular weight is 223 g/mol. The van der Waals surface area contributed by atoms with Crippen molar-refractivity contribution in [3.8, 4) is 0 Å². The van der Waals surface area contributed by atoms with Crippen LogP contribution in [0.1, 0.15) is 26.7 Å². The fraction of sp³-hybridized carbons (Fsp3) is 0.455. The van der Waals surface area contributed by atoms with Gasteiger partial charge in [0, 0.05) is 24.1 Å². The lowest BCUT2D eigenvalue weighted by molar-refractivity contribution is 0.599. The highest BCUT2D eigenvalue weighted by Gasteiger charge is 2.02. The molecule has 0 spiro atoms. The van der Waals surface area contributed by atoms with E-state index in [9.17, 15) is 0 Å². The van der Waals surface area contributed by atoms with E-state index in [4.69, 9.17) is 12.2 Å². The molecule has 0 saturated heterocycles. The average Bonchev–Trinajstić information content (AvgIpc) is 2.19. The molecular weight excluding hydrogens is 206 g/mol. The van der Waals surface area contributed by atoms with Gasteiger partial charge in [0.1, 0.15) is 0 Å². The van der Waals surface area contributed by atoms with E-state index < -0.39 is 0 Å². The van der Waals surface area contributed by atoms with Gasteiger partial charge in [-0.05, 0) is 37.7 Å². The molecule has 0 unspecified atom stereocenters. The molecular formula is C11H17N3S. The summed E-state index contributed by atoms with van der Waals surface area (Å²) in [5.41, 5.74) is 0.964. The highest BCUT2D eigenvalue weighted by Crippen LogP contribution is 2.03. The first-order valence-electron chi connectivity index (χ1n) is 5.20. The van der Waals surface area contributed by atoms with Crippen molar-refractivity contribution in [2.75, 3.05) is 5.32 Å². The molecule has 1 aromatic rings. The summed E-state index contributed by atoms with van der Waals surface area (Å²) in [4.78, 5) is 3.94. The molecule has 82 valence electrons. The van der Waals surface area contributed by atoms with Crippen LogP contribution in [0.2, 0.25) is 0 Å². The van der Waals surface area contributed by atoms with Crippen molar-refractivity contribution in [1.29, 1.82) is 0 Å². The molecule has 0 aliphatic heterocycles. The minimum absolute atomic E-state index is 0.414. The van der Waals surface area contributed by atoms with E-state index in [-0.39, 0.29) is 0 Å². The van der Waals surface area contributed by atoms with E-state index in [1.54, 1.807) is 12.4 Å². The van der Waals surface area contributed by atoms with Gasteiger partial charge in [0.15, 0.2) is 5.11 Å². The molecule has 0 aliphatic rings. The van der Waals surface area contributed by atoms with Gasteiger partial charge in [0.25, 0.3) is 0 Å². The van der Waals surface area contributed by atoms with Crippen LogP contribution in [0.3, 0.4) is 0 Å². The van der Waals surface area contributed by atoms with Crippen LogP contribution in [0.5, 0.6) is 0 Å². The number of rotatable bonds is 4. The maximum atomic E-state index is 5.18. The third-order valence-electron chi connectivity index (χ3n) is 2.04. The zero-order chi connectivity index (χ0) is 11.1. The van der Waals surface area contributed by atoms with E-state index >= 15 is 0 Å². The Hall–Kier alpha value is -1.16. The van der Waals surface area contributed by atoms with Crippen molar-refractivity contribution >= 4 is 23.0 Å². The summed E-state index contributed by atoms with van der Waals surface area (Å²) < 4.78 is 0. The van der Waals surface area contributed by atoms with Gasteiger partial charge >= 0.3 is 0 Å². The lowest BCUT2D eigenvalue weighted by Crippen LogP contribution is -2.35. The lowest BCUT2D eigenvalue weighted by atomic mass is 10.2. The van der Waals surface area contributed by atoms with E-state index in [0.29, 0.717) is 11.2 Å². The van der Waals surface area contributed by atoms with Crippen molar-refractivity contribution in [1.82, 2.24) is 10.3 Å². The minimum atomic E-state index is 0.414. The predicted molar refractivity (Wildman–Crippen MR) is 68.0 cm³/mol. The zero-order valence-corrected chi connectivity index (χ0v) is 9.97. The first kappa shape index (κ1) is 11.9. The minimum Gasteiger partial charge on any atom is -0.360 e. The molecule has 3 nitrogen and oxygen atoms in total. The topological polar surface area (TPSA) is 37.0 Å². The van der Waals surface area contributed by atoms with Crippen LogP contribution in [0.15, 0.2) is 24.5 Å². The van der Waals surface area contributed by atoms with Crippen LogP contribution in [0.25, 0.3) is 0 Å². The Labute approximate surface area is 96.3 Å². The summed E-state index contributed by atoms with van der Waals surface area (Å²) in [5, 5.41) is 7.01.